The number of nitriles is 1. The Labute approximate surface area is 167 Å². The van der Waals surface area contributed by atoms with Gasteiger partial charge in [0.05, 0.1) is 23.0 Å². The van der Waals surface area contributed by atoms with E-state index in [0.29, 0.717) is 16.6 Å². The average Bonchev–Trinajstić information content (AvgIpc) is 2.71. The van der Waals surface area contributed by atoms with Crippen LogP contribution in [0.25, 0.3) is 33.7 Å². The fourth-order valence-corrected chi connectivity index (χ4v) is 3.06. The fourth-order valence-electron chi connectivity index (χ4n) is 3.06. The highest BCUT2D eigenvalue weighted by atomic mass is 19.4. The molecule has 0 saturated heterocycles. The number of aromatic amines is 1. The van der Waals surface area contributed by atoms with Gasteiger partial charge in [-0.3, -0.25) is 4.79 Å². The molecule has 0 aliphatic rings. The number of H-pyrrole nitrogens is 1. The van der Waals surface area contributed by atoms with E-state index in [1.807, 2.05) is 6.07 Å². The van der Waals surface area contributed by atoms with Crippen molar-refractivity contribution in [2.75, 3.05) is 0 Å². The van der Waals surface area contributed by atoms with Crippen LogP contribution in [0.4, 0.5) is 13.2 Å². The van der Waals surface area contributed by atoms with Gasteiger partial charge < -0.3 is 4.98 Å². The third-order valence-electron chi connectivity index (χ3n) is 4.34. The molecule has 0 atom stereocenters. The largest absolute Gasteiger partial charge is 0.433 e. The number of hydrogen-bond donors (Lipinski definition) is 1. The topological polar surface area (TPSA) is 95.3 Å². The predicted molar refractivity (Wildman–Crippen MR) is 103 cm³/mol. The normalized spacial score (nSPS) is 11.4. The van der Waals surface area contributed by atoms with Gasteiger partial charge in [-0.05, 0) is 37.3 Å². The van der Waals surface area contributed by atoms with Gasteiger partial charge in [0, 0.05) is 22.9 Å². The Hall–Kier alpha value is -4.06. The van der Waals surface area contributed by atoms with Gasteiger partial charge in [-0.2, -0.15) is 18.4 Å². The monoisotopic (exact) mass is 407 g/mol. The maximum absolute atomic E-state index is 13.3. The number of pyridine rings is 2. The molecule has 1 aromatic carbocycles. The molecule has 0 aliphatic carbocycles. The smallest absolute Gasteiger partial charge is 0.305 e. The minimum atomic E-state index is -4.63. The van der Waals surface area contributed by atoms with Gasteiger partial charge in [-0.1, -0.05) is 12.1 Å². The molecule has 3 heterocycles. The van der Waals surface area contributed by atoms with E-state index in [9.17, 15) is 23.2 Å². The summed E-state index contributed by atoms with van der Waals surface area (Å²) in [5, 5.41) is 9.20. The number of nitrogens with one attached hydrogen (secondary N) is 1. The van der Waals surface area contributed by atoms with Crippen molar-refractivity contribution < 1.29 is 13.2 Å². The molecule has 30 heavy (non-hydrogen) atoms. The summed E-state index contributed by atoms with van der Waals surface area (Å²) in [6.07, 6.45) is -4.63. The summed E-state index contributed by atoms with van der Waals surface area (Å²) in [6, 6.07) is 13.6. The number of aryl methyl sites for hydroxylation is 1. The zero-order chi connectivity index (χ0) is 21.5. The quantitative estimate of drug-likeness (QED) is 0.536. The molecular weight excluding hydrogens is 395 g/mol. The first kappa shape index (κ1) is 19.3. The zero-order valence-corrected chi connectivity index (χ0v) is 15.4. The zero-order valence-electron chi connectivity index (χ0n) is 15.4. The minimum absolute atomic E-state index is 0.167. The van der Waals surface area contributed by atoms with Crippen LogP contribution in [0, 0.1) is 18.3 Å². The summed E-state index contributed by atoms with van der Waals surface area (Å²) in [7, 11) is 0. The van der Waals surface area contributed by atoms with Gasteiger partial charge in [0.1, 0.15) is 11.2 Å². The molecule has 148 valence electrons. The Morgan fingerprint density at radius 1 is 0.967 bits per heavy atom. The molecule has 0 radical (unpaired) electrons. The number of alkyl halides is 3. The van der Waals surface area contributed by atoms with Gasteiger partial charge in [-0.25, -0.2) is 15.0 Å². The molecule has 0 saturated carbocycles. The summed E-state index contributed by atoms with van der Waals surface area (Å²) >= 11 is 0. The van der Waals surface area contributed by atoms with Crippen LogP contribution in [0.1, 0.15) is 17.0 Å². The number of fused-ring (bicyclic) bond motifs is 1. The Morgan fingerprint density at radius 3 is 2.47 bits per heavy atom. The first-order chi connectivity index (χ1) is 14.2. The highest BCUT2D eigenvalue weighted by Crippen LogP contribution is 2.35. The molecule has 0 fully saturated rings. The molecule has 6 nitrogen and oxygen atoms in total. The lowest BCUT2D eigenvalue weighted by molar-refractivity contribution is -0.141. The van der Waals surface area contributed by atoms with Crippen LogP contribution in [0.2, 0.25) is 0 Å². The first-order valence-corrected chi connectivity index (χ1v) is 8.72. The van der Waals surface area contributed by atoms with Crippen LogP contribution in [-0.4, -0.2) is 19.9 Å². The number of nitrogens with zero attached hydrogens (tertiary/aromatic N) is 4. The predicted octanol–water partition coefficient (Wildman–Crippen LogP) is 4.25. The van der Waals surface area contributed by atoms with E-state index < -0.39 is 11.9 Å². The molecule has 0 amide bonds. The molecule has 9 heteroatoms. The van der Waals surface area contributed by atoms with Crippen LogP contribution in [-0.2, 0) is 6.18 Å². The van der Waals surface area contributed by atoms with Crippen LogP contribution >= 0.6 is 0 Å². The molecule has 4 aromatic rings. The van der Waals surface area contributed by atoms with Crippen LogP contribution in [0.15, 0.2) is 53.3 Å². The summed E-state index contributed by atoms with van der Waals surface area (Å²) in [6.45, 7) is 1.46. The number of aromatic nitrogens is 4. The van der Waals surface area contributed by atoms with E-state index in [-0.39, 0.29) is 33.9 Å². The van der Waals surface area contributed by atoms with Crippen molar-refractivity contribution in [3.05, 3.63) is 75.8 Å². The van der Waals surface area contributed by atoms with Gasteiger partial charge in [0.2, 0.25) is 5.56 Å². The standard InChI is InChI=1S/C21H12F3N5O/c1-11-7-14(9-16(26-11)21(22,23)24)19-18(13-4-2-3-12(8-13)10-25)29-20-15(27-19)5-6-17(30)28-20/h2-9H,1H3,(H,28,29,30). The summed E-state index contributed by atoms with van der Waals surface area (Å²) in [5.74, 6) is 0. The van der Waals surface area contributed by atoms with Gasteiger partial charge in [-0.15, -0.1) is 0 Å². The summed E-state index contributed by atoms with van der Waals surface area (Å²) in [5.41, 5.74) is 0.653. The van der Waals surface area contributed by atoms with Crippen LogP contribution in [0.3, 0.4) is 0 Å². The molecule has 1 N–H and O–H groups in total. The van der Waals surface area contributed by atoms with E-state index in [1.54, 1.807) is 24.3 Å². The van der Waals surface area contributed by atoms with Gasteiger partial charge in [0.15, 0.2) is 5.65 Å². The third kappa shape index (κ3) is 3.63. The van der Waals surface area contributed by atoms with E-state index in [2.05, 4.69) is 19.9 Å². The van der Waals surface area contributed by atoms with Crippen LogP contribution in [0.5, 0.6) is 0 Å². The molecule has 0 aliphatic heterocycles. The molecular formula is C21H12F3N5O. The Balaban J connectivity index is 2.06. The van der Waals surface area contributed by atoms with Gasteiger partial charge >= 0.3 is 6.18 Å². The number of benzene rings is 1. The van der Waals surface area contributed by atoms with Crippen molar-refractivity contribution in [1.82, 2.24) is 19.9 Å². The Bertz CT molecular complexity index is 1390. The van der Waals surface area contributed by atoms with E-state index in [4.69, 9.17) is 0 Å². The molecule has 0 unspecified atom stereocenters. The van der Waals surface area contributed by atoms with E-state index in [0.717, 1.165) is 6.07 Å². The number of halogens is 3. The second-order valence-electron chi connectivity index (χ2n) is 6.55. The van der Waals surface area contributed by atoms with Crippen molar-refractivity contribution in [2.45, 2.75) is 13.1 Å². The van der Waals surface area contributed by atoms with E-state index >= 15 is 0 Å². The lowest BCUT2D eigenvalue weighted by Crippen LogP contribution is -2.10. The minimum Gasteiger partial charge on any atom is -0.305 e. The van der Waals surface area contributed by atoms with Gasteiger partial charge in [0.25, 0.3) is 0 Å². The SMILES string of the molecule is Cc1cc(-c2nc3ccc(=O)[nH]c3nc2-c2cccc(C#N)c2)cc(C(F)(F)F)n1. The van der Waals surface area contributed by atoms with Crippen molar-refractivity contribution in [2.24, 2.45) is 0 Å². The maximum Gasteiger partial charge on any atom is 0.433 e. The highest BCUT2D eigenvalue weighted by molar-refractivity contribution is 5.85. The second kappa shape index (κ2) is 7.08. The molecule has 3 aromatic heterocycles. The second-order valence-corrected chi connectivity index (χ2v) is 6.55. The Morgan fingerprint density at radius 2 is 1.73 bits per heavy atom. The van der Waals surface area contributed by atoms with Crippen molar-refractivity contribution in [3.8, 4) is 28.6 Å². The number of hydrogen-bond acceptors (Lipinski definition) is 5. The maximum atomic E-state index is 13.3. The fraction of sp³-hybridized carbons (Fsp3) is 0.0952. The van der Waals surface area contributed by atoms with Crippen molar-refractivity contribution in [3.63, 3.8) is 0 Å². The highest BCUT2D eigenvalue weighted by Gasteiger charge is 2.33. The average molecular weight is 407 g/mol. The third-order valence-corrected chi connectivity index (χ3v) is 4.34. The summed E-state index contributed by atoms with van der Waals surface area (Å²) in [4.78, 5) is 26.7. The Kier molecular flexibility index (Phi) is 4.54. The number of rotatable bonds is 2. The van der Waals surface area contributed by atoms with Crippen molar-refractivity contribution in [1.29, 1.82) is 5.26 Å². The molecule has 4 rings (SSSR count). The van der Waals surface area contributed by atoms with Crippen LogP contribution < -0.4 is 5.56 Å². The molecule has 0 bridgehead atoms. The van der Waals surface area contributed by atoms with E-state index in [1.165, 1.54) is 25.1 Å². The first-order valence-electron chi connectivity index (χ1n) is 8.72. The van der Waals surface area contributed by atoms with Crippen molar-refractivity contribution >= 4 is 11.2 Å². The lowest BCUT2D eigenvalue weighted by Gasteiger charge is -2.13. The molecule has 0 spiro atoms. The lowest BCUT2D eigenvalue weighted by atomic mass is 10.0. The summed E-state index contributed by atoms with van der Waals surface area (Å²) < 4.78 is 39.9.